The number of nitrogens with zero attached hydrogens (tertiary/aromatic N) is 5. The minimum Gasteiger partial charge on any atom is -0.508 e. The van der Waals surface area contributed by atoms with Gasteiger partial charge in [-0.25, -0.2) is 13.2 Å². The van der Waals surface area contributed by atoms with Gasteiger partial charge in [-0.2, -0.15) is 9.97 Å². The Bertz CT molecular complexity index is 2020. The van der Waals surface area contributed by atoms with E-state index in [1.165, 1.54) is 30.3 Å². The molecule has 0 saturated carbocycles. The van der Waals surface area contributed by atoms with Crippen LogP contribution in [0.5, 0.6) is 11.8 Å². The van der Waals surface area contributed by atoms with Crippen LogP contribution in [0.4, 0.5) is 19.0 Å². The van der Waals surface area contributed by atoms with Gasteiger partial charge in [-0.1, -0.05) is 19.9 Å². The Labute approximate surface area is 271 Å². The van der Waals surface area contributed by atoms with Gasteiger partial charge in [0.1, 0.15) is 35.3 Å². The molecule has 7 nitrogen and oxygen atoms in total. The molecule has 0 unspecified atom stereocenters. The van der Waals surface area contributed by atoms with Crippen LogP contribution in [0.2, 0.25) is 0 Å². The van der Waals surface area contributed by atoms with Gasteiger partial charge in [0.2, 0.25) is 0 Å². The number of aryl methyl sites for hydroxylation is 1. The zero-order valence-electron chi connectivity index (χ0n) is 26.4. The van der Waals surface area contributed by atoms with Crippen molar-refractivity contribution in [2.45, 2.75) is 51.0 Å². The Morgan fingerprint density at radius 3 is 2.60 bits per heavy atom. The summed E-state index contributed by atoms with van der Waals surface area (Å²) >= 11 is 0. The summed E-state index contributed by atoms with van der Waals surface area (Å²) < 4.78 is 54.5. The van der Waals surface area contributed by atoms with E-state index >= 15 is 8.78 Å². The van der Waals surface area contributed by atoms with E-state index < -0.39 is 17.5 Å². The maximum Gasteiger partial charge on any atom is 0.319 e. The number of pyridine rings is 1. The fraction of sp³-hybridized carbons (Fsp3) is 0.378. The Morgan fingerprint density at radius 2 is 1.81 bits per heavy atom. The van der Waals surface area contributed by atoms with Gasteiger partial charge < -0.3 is 14.7 Å². The summed E-state index contributed by atoms with van der Waals surface area (Å²) in [6.07, 6.45) is 6.94. The van der Waals surface area contributed by atoms with Crippen molar-refractivity contribution in [3.63, 3.8) is 0 Å². The Balaban J connectivity index is 1.26. The molecule has 0 spiro atoms. The van der Waals surface area contributed by atoms with Crippen LogP contribution in [0, 0.1) is 23.4 Å². The highest BCUT2D eigenvalue weighted by Crippen LogP contribution is 2.44. The number of fused-ring (bicyclic) bond motifs is 3. The predicted molar refractivity (Wildman–Crippen MR) is 175 cm³/mol. The quantitative estimate of drug-likeness (QED) is 0.199. The number of rotatable bonds is 7. The Morgan fingerprint density at radius 1 is 1.00 bits per heavy atom. The first-order valence-electron chi connectivity index (χ1n) is 16.4. The summed E-state index contributed by atoms with van der Waals surface area (Å²) in [5, 5.41) is 11.7. The van der Waals surface area contributed by atoms with Gasteiger partial charge in [0.15, 0.2) is 5.82 Å². The van der Waals surface area contributed by atoms with Crippen LogP contribution in [-0.2, 0) is 6.42 Å². The number of aromatic hydroxyl groups is 1. The van der Waals surface area contributed by atoms with Gasteiger partial charge in [0.05, 0.1) is 11.1 Å². The Hall–Kier alpha value is -4.44. The van der Waals surface area contributed by atoms with E-state index in [1.54, 1.807) is 19.3 Å². The molecule has 0 radical (unpaired) electrons. The summed E-state index contributed by atoms with van der Waals surface area (Å²) in [7, 11) is 0. The number of benzene rings is 3. The van der Waals surface area contributed by atoms with Gasteiger partial charge >= 0.3 is 6.01 Å². The first kappa shape index (κ1) is 29.9. The van der Waals surface area contributed by atoms with E-state index in [1.807, 2.05) is 17.0 Å². The van der Waals surface area contributed by atoms with Crippen LogP contribution in [0.3, 0.4) is 0 Å². The molecule has 3 saturated heterocycles. The standard InChI is InChI=1S/C37H36F3N5O2/c1-3-26-29(38)6-5-23-13-25(46)14-27(31(23)26)32-30(39)15-28-34(33(32)40)42-36(47-20-37-9-4-12-45(37)17-21(2)16-37)43-35(28)44-18-24(19-44)22-7-10-41-11-8-22/h5-8,10-11,13-15,21,24,46H,3-4,9,12,16-20H2,1-2H3/t21-,37+/m1/s1. The van der Waals surface area contributed by atoms with Crippen LogP contribution in [0.15, 0.2) is 54.9 Å². The second kappa shape index (κ2) is 11.4. The number of ether oxygens (including phenoxy) is 1. The van der Waals surface area contributed by atoms with E-state index in [4.69, 9.17) is 9.72 Å². The zero-order chi connectivity index (χ0) is 32.4. The monoisotopic (exact) mass is 639 g/mol. The molecule has 5 aromatic rings. The van der Waals surface area contributed by atoms with Gasteiger partial charge in [0, 0.05) is 43.3 Å². The van der Waals surface area contributed by atoms with Crippen LogP contribution in [0.1, 0.15) is 50.2 Å². The number of aromatic nitrogens is 3. The summed E-state index contributed by atoms with van der Waals surface area (Å²) in [4.78, 5) is 17.9. The van der Waals surface area contributed by atoms with Crippen molar-refractivity contribution < 1.29 is 23.0 Å². The molecule has 242 valence electrons. The minimum atomic E-state index is -0.909. The fourth-order valence-corrected chi connectivity index (χ4v) is 8.27. The normalized spacial score (nSPS) is 21.5. The molecule has 0 aliphatic carbocycles. The lowest BCUT2D eigenvalue weighted by Crippen LogP contribution is -2.46. The second-order valence-electron chi connectivity index (χ2n) is 13.5. The molecule has 2 aromatic heterocycles. The van der Waals surface area contributed by atoms with Crippen molar-refractivity contribution in [1.29, 1.82) is 0 Å². The zero-order valence-corrected chi connectivity index (χ0v) is 26.4. The van der Waals surface area contributed by atoms with Gasteiger partial charge in [0.25, 0.3) is 0 Å². The van der Waals surface area contributed by atoms with Crippen molar-refractivity contribution in [3.8, 4) is 22.9 Å². The third kappa shape index (κ3) is 4.96. The molecule has 0 amide bonds. The second-order valence-corrected chi connectivity index (χ2v) is 13.5. The maximum atomic E-state index is 16.9. The van der Waals surface area contributed by atoms with Crippen LogP contribution < -0.4 is 9.64 Å². The van der Waals surface area contributed by atoms with Crippen molar-refractivity contribution in [1.82, 2.24) is 19.9 Å². The molecule has 3 aromatic carbocycles. The minimum absolute atomic E-state index is 0.0400. The van der Waals surface area contributed by atoms with E-state index in [2.05, 4.69) is 21.8 Å². The highest BCUT2D eigenvalue weighted by Gasteiger charge is 2.48. The number of hydrogen-bond acceptors (Lipinski definition) is 7. The highest BCUT2D eigenvalue weighted by molar-refractivity contribution is 6.03. The lowest BCUT2D eigenvalue weighted by Gasteiger charge is -2.41. The summed E-state index contributed by atoms with van der Waals surface area (Å²) in [6.45, 7) is 7.67. The van der Waals surface area contributed by atoms with E-state index in [0.717, 1.165) is 37.9 Å². The molecular formula is C37H36F3N5O2. The van der Waals surface area contributed by atoms with Gasteiger partial charge in [-0.05, 0) is 102 Å². The summed E-state index contributed by atoms with van der Waals surface area (Å²) in [6, 6.07) is 10.8. The fourth-order valence-electron chi connectivity index (χ4n) is 8.27. The number of halogens is 3. The summed E-state index contributed by atoms with van der Waals surface area (Å²) in [5.41, 5.74) is 0.958. The molecule has 0 bridgehead atoms. The molecule has 2 atom stereocenters. The number of phenolic OH excluding ortho intramolecular Hbond substituents is 1. The van der Waals surface area contributed by atoms with E-state index in [9.17, 15) is 9.50 Å². The first-order chi connectivity index (χ1) is 22.7. The molecule has 47 heavy (non-hydrogen) atoms. The molecule has 3 aliphatic heterocycles. The largest absolute Gasteiger partial charge is 0.508 e. The van der Waals surface area contributed by atoms with E-state index in [-0.39, 0.29) is 45.2 Å². The lowest BCUT2D eigenvalue weighted by molar-refractivity contribution is 0.107. The number of anilines is 1. The predicted octanol–water partition coefficient (Wildman–Crippen LogP) is 7.39. The lowest BCUT2D eigenvalue weighted by atomic mass is 9.90. The van der Waals surface area contributed by atoms with Gasteiger partial charge in [-0.3, -0.25) is 9.88 Å². The van der Waals surface area contributed by atoms with Crippen LogP contribution >= 0.6 is 0 Å². The highest BCUT2D eigenvalue weighted by atomic mass is 19.1. The SMILES string of the molecule is CCc1c(F)ccc2cc(O)cc(-c3c(F)cc4c(N5CC(c6ccncc6)C5)nc(OC[C@@]56CCCN5C[C@H](C)C6)nc4c3F)c12. The Kier molecular flexibility index (Phi) is 7.24. The van der Waals surface area contributed by atoms with Crippen molar-refractivity contribution in [2.24, 2.45) is 5.92 Å². The number of hydrogen-bond donors (Lipinski definition) is 1. The molecular weight excluding hydrogens is 603 g/mol. The first-order valence-corrected chi connectivity index (χ1v) is 16.4. The molecule has 3 fully saturated rings. The number of phenols is 1. The van der Waals surface area contributed by atoms with Crippen LogP contribution in [0.25, 0.3) is 32.8 Å². The topological polar surface area (TPSA) is 74.6 Å². The van der Waals surface area contributed by atoms with Crippen LogP contribution in [-0.4, -0.2) is 63.3 Å². The smallest absolute Gasteiger partial charge is 0.319 e. The molecule has 1 N–H and O–H groups in total. The van der Waals surface area contributed by atoms with E-state index in [0.29, 0.717) is 54.2 Å². The average molecular weight is 640 g/mol. The van der Waals surface area contributed by atoms with Crippen molar-refractivity contribution in [2.75, 3.05) is 37.7 Å². The average Bonchev–Trinajstić information content (AvgIpc) is 3.56. The van der Waals surface area contributed by atoms with Gasteiger partial charge in [-0.15, -0.1) is 0 Å². The molecule has 5 heterocycles. The molecule has 3 aliphatic rings. The summed E-state index contributed by atoms with van der Waals surface area (Å²) in [5.74, 6) is -1.24. The molecule has 8 rings (SSSR count). The maximum absolute atomic E-state index is 16.9. The third-order valence-corrected chi connectivity index (χ3v) is 10.4. The van der Waals surface area contributed by atoms with Crippen molar-refractivity contribution in [3.05, 3.63) is 83.4 Å². The third-order valence-electron chi connectivity index (χ3n) is 10.4. The van der Waals surface area contributed by atoms with Crippen molar-refractivity contribution >= 4 is 27.5 Å². The molecule has 10 heteroatoms.